The first-order valence-electron chi connectivity index (χ1n) is 6.17. The number of nitrogen functional groups attached to an aromatic ring is 1. The highest BCUT2D eigenvalue weighted by molar-refractivity contribution is 5.84. The summed E-state index contributed by atoms with van der Waals surface area (Å²) < 4.78 is 18.9. The minimum Gasteiger partial charge on any atom is -0.384 e. The summed E-state index contributed by atoms with van der Waals surface area (Å²) in [5, 5.41) is 6.58. The third-order valence-electron chi connectivity index (χ3n) is 3.27. The first kappa shape index (κ1) is 12.0. The van der Waals surface area contributed by atoms with Crippen molar-refractivity contribution >= 4 is 11.5 Å². The molecule has 0 spiro atoms. The Hall–Kier alpha value is -2.08. The molecule has 3 N–H and O–H groups in total. The molecule has 1 aromatic carbocycles. The zero-order chi connectivity index (χ0) is 13.2. The van der Waals surface area contributed by atoms with Gasteiger partial charge in [-0.05, 0) is 18.2 Å². The van der Waals surface area contributed by atoms with Gasteiger partial charge in [-0.25, -0.2) is 4.39 Å². The molecule has 1 aliphatic heterocycles. The number of nitrogens with zero attached hydrogens (tertiary/aromatic N) is 2. The summed E-state index contributed by atoms with van der Waals surface area (Å²) in [6.07, 6.45) is 1.62. The maximum Gasteiger partial charge on any atom is 0.126 e. The van der Waals surface area contributed by atoms with Crippen molar-refractivity contribution in [1.82, 2.24) is 10.2 Å². The van der Waals surface area contributed by atoms with E-state index in [9.17, 15) is 4.39 Å². The summed E-state index contributed by atoms with van der Waals surface area (Å²) in [5.74, 6) is 0.160. The van der Waals surface area contributed by atoms with Gasteiger partial charge in [-0.1, -0.05) is 0 Å². The lowest BCUT2D eigenvalue weighted by Gasteiger charge is -2.30. The SMILES string of the molecule is Nc1[nH]ncc1-c1cc(F)ccc1N1CCOCC1. The molecule has 3 rings (SSSR count). The van der Waals surface area contributed by atoms with E-state index < -0.39 is 0 Å². The normalized spacial score (nSPS) is 15.7. The van der Waals surface area contributed by atoms with Gasteiger partial charge in [0.2, 0.25) is 0 Å². The Morgan fingerprint density at radius 2 is 2.05 bits per heavy atom. The van der Waals surface area contributed by atoms with Crippen LogP contribution in [0, 0.1) is 5.82 Å². The van der Waals surface area contributed by atoms with Crippen LogP contribution in [0.5, 0.6) is 0 Å². The first-order valence-corrected chi connectivity index (χ1v) is 6.17. The molecule has 1 fully saturated rings. The summed E-state index contributed by atoms with van der Waals surface area (Å²) in [6.45, 7) is 2.93. The second-order valence-corrected chi connectivity index (χ2v) is 4.46. The Morgan fingerprint density at radius 1 is 1.26 bits per heavy atom. The van der Waals surface area contributed by atoms with Crippen molar-refractivity contribution in [2.24, 2.45) is 0 Å². The summed E-state index contributed by atoms with van der Waals surface area (Å²) in [7, 11) is 0. The van der Waals surface area contributed by atoms with Crippen LogP contribution in [-0.2, 0) is 4.74 Å². The van der Waals surface area contributed by atoms with Gasteiger partial charge >= 0.3 is 0 Å². The fraction of sp³-hybridized carbons (Fsp3) is 0.308. The van der Waals surface area contributed by atoms with Crippen LogP contribution < -0.4 is 10.6 Å². The maximum absolute atomic E-state index is 13.5. The number of hydrogen-bond donors (Lipinski definition) is 2. The zero-order valence-electron chi connectivity index (χ0n) is 10.4. The number of ether oxygens (including phenoxy) is 1. The van der Waals surface area contributed by atoms with E-state index in [-0.39, 0.29) is 5.82 Å². The smallest absolute Gasteiger partial charge is 0.126 e. The number of nitrogens with one attached hydrogen (secondary N) is 1. The molecular weight excluding hydrogens is 247 g/mol. The number of benzene rings is 1. The van der Waals surface area contributed by atoms with Gasteiger partial charge < -0.3 is 15.4 Å². The molecule has 0 atom stereocenters. The van der Waals surface area contributed by atoms with E-state index in [0.717, 1.165) is 29.9 Å². The van der Waals surface area contributed by atoms with Gasteiger partial charge in [0.05, 0.1) is 19.4 Å². The Kier molecular flexibility index (Phi) is 3.08. The van der Waals surface area contributed by atoms with E-state index in [0.29, 0.717) is 19.0 Å². The molecule has 2 heterocycles. The molecule has 1 aromatic heterocycles. The van der Waals surface area contributed by atoms with Crippen LogP contribution >= 0.6 is 0 Å². The van der Waals surface area contributed by atoms with Crippen LogP contribution in [0.1, 0.15) is 0 Å². The third-order valence-corrected chi connectivity index (χ3v) is 3.27. The Balaban J connectivity index is 2.06. The fourth-order valence-corrected chi connectivity index (χ4v) is 2.31. The van der Waals surface area contributed by atoms with Crippen LogP contribution in [0.15, 0.2) is 24.4 Å². The fourth-order valence-electron chi connectivity index (χ4n) is 2.31. The highest BCUT2D eigenvalue weighted by Crippen LogP contribution is 2.34. The van der Waals surface area contributed by atoms with Gasteiger partial charge in [0.25, 0.3) is 0 Å². The number of hydrogen-bond acceptors (Lipinski definition) is 4. The average molecular weight is 262 g/mol. The molecule has 5 nitrogen and oxygen atoms in total. The minimum atomic E-state index is -0.285. The quantitative estimate of drug-likeness (QED) is 0.863. The lowest BCUT2D eigenvalue weighted by atomic mass is 10.0. The van der Waals surface area contributed by atoms with Crippen LogP contribution in [-0.4, -0.2) is 36.5 Å². The summed E-state index contributed by atoms with van der Waals surface area (Å²) in [4.78, 5) is 2.17. The Bertz CT molecular complexity index is 578. The molecule has 2 aromatic rings. The standard InChI is InChI=1S/C13H15FN4O/c14-9-1-2-12(18-3-5-19-6-4-18)10(7-9)11-8-16-17-13(11)15/h1-2,7-8H,3-6H2,(H3,15,16,17). The van der Waals surface area contributed by atoms with Crippen LogP contribution in [0.25, 0.3) is 11.1 Å². The molecule has 0 amide bonds. The number of rotatable bonds is 2. The van der Waals surface area contributed by atoms with Crippen molar-refractivity contribution in [3.05, 3.63) is 30.2 Å². The lowest BCUT2D eigenvalue weighted by Crippen LogP contribution is -2.36. The first-order chi connectivity index (χ1) is 9.25. The largest absolute Gasteiger partial charge is 0.384 e. The van der Waals surface area contributed by atoms with Crippen molar-refractivity contribution in [3.8, 4) is 11.1 Å². The van der Waals surface area contributed by atoms with Gasteiger partial charge in [-0.3, -0.25) is 5.10 Å². The van der Waals surface area contributed by atoms with Gasteiger partial charge in [0.15, 0.2) is 0 Å². The molecule has 1 aliphatic rings. The van der Waals surface area contributed by atoms with Gasteiger partial charge in [-0.2, -0.15) is 5.10 Å². The Labute approximate surface area is 110 Å². The van der Waals surface area contributed by atoms with Crippen LogP contribution in [0.3, 0.4) is 0 Å². The second-order valence-electron chi connectivity index (χ2n) is 4.46. The summed E-state index contributed by atoms with van der Waals surface area (Å²) >= 11 is 0. The lowest BCUT2D eigenvalue weighted by molar-refractivity contribution is 0.123. The molecule has 0 radical (unpaired) electrons. The third kappa shape index (κ3) is 2.26. The van der Waals surface area contributed by atoms with Crippen LogP contribution in [0.4, 0.5) is 15.9 Å². The van der Waals surface area contributed by atoms with E-state index >= 15 is 0 Å². The zero-order valence-corrected chi connectivity index (χ0v) is 10.4. The topological polar surface area (TPSA) is 67.2 Å². The van der Waals surface area contributed by atoms with E-state index in [4.69, 9.17) is 10.5 Å². The number of aromatic amines is 1. The molecule has 0 saturated carbocycles. The number of nitrogens with two attached hydrogens (primary N) is 1. The molecular formula is C13H15FN4O. The monoisotopic (exact) mass is 262 g/mol. The van der Waals surface area contributed by atoms with E-state index in [1.165, 1.54) is 12.1 Å². The summed E-state index contributed by atoms with van der Waals surface area (Å²) in [5.41, 5.74) is 8.27. The van der Waals surface area contributed by atoms with Crippen molar-refractivity contribution in [3.63, 3.8) is 0 Å². The molecule has 1 saturated heterocycles. The van der Waals surface area contributed by atoms with Gasteiger partial charge in [0.1, 0.15) is 11.6 Å². The van der Waals surface area contributed by atoms with Crippen molar-refractivity contribution < 1.29 is 9.13 Å². The van der Waals surface area contributed by atoms with Gasteiger partial charge in [-0.15, -0.1) is 0 Å². The number of halogens is 1. The highest BCUT2D eigenvalue weighted by atomic mass is 19.1. The average Bonchev–Trinajstić information content (AvgIpc) is 2.86. The second kappa shape index (κ2) is 4.89. The minimum absolute atomic E-state index is 0.285. The molecule has 0 unspecified atom stereocenters. The highest BCUT2D eigenvalue weighted by Gasteiger charge is 2.18. The van der Waals surface area contributed by atoms with Crippen molar-refractivity contribution in [2.45, 2.75) is 0 Å². The molecule has 6 heteroatoms. The van der Waals surface area contributed by atoms with E-state index in [2.05, 4.69) is 15.1 Å². The van der Waals surface area contributed by atoms with Crippen LogP contribution in [0.2, 0.25) is 0 Å². The Morgan fingerprint density at radius 3 is 2.74 bits per heavy atom. The predicted molar refractivity (Wildman–Crippen MR) is 71.4 cm³/mol. The van der Waals surface area contributed by atoms with Gasteiger partial charge in [0, 0.05) is 29.9 Å². The predicted octanol–water partition coefficient (Wildman–Crippen LogP) is 1.63. The van der Waals surface area contributed by atoms with E-state index in [1.807, 2.05) is 0 Å². The van der Waals surface area contributed by atoms with Crippen molar-refractivity contribution in [1.29, 1.82) is 0 Å². The van der Waals surface area contributed by atoms with Crippen molar-refractivity contribution in [2.75, 3.05) is 36.9 Å². The molecule has 100 valence electrons. The number of morpholine rings is 1. The molecule has 19 heavy (non-hydrogen) atoms. The molecule has 0 aliphatic carbocycles. The number of H-pyrrole nitrogens is 1. The number of aromatic nitrogens is 2. The maximum atomic E-state index is 13.5. The molecule has 0 bridgehead atoms. The summed E-state index contributed by atoms with van der Waals surface area (Å²) in [6, 6.07) is 4.74. The van der Waals surface area contributed by atoms with E-state index in [1.54, 1.807) is 12.3 Å². The number of anilines is 2.